The molecule has 0 radical (unpaired) electrons. The molecule has 1 aromatic heterocycles. The molecule has 2 N–H and O–H groups in total. The molecule has 0 spiro atoms. The number of nitrogens with zero attached hydrogens (tertiary/aromatic N) is 3. The van der Waals surface area contributed by atoms with Crippen molar-refractivity contribution in [2.75, 3.05) is 24.7 Å². The van der Waals surface area contributed by atoms with E-state index in [0.717, 1.165) is 27.4 Å². The summed E-state index contributed by atoms with van der Waals surface area (Å²) in [5.74, 6) is 0.0723. The molecule has 0 aliphatic carbocycles. The summed E-state index contributed by atoms with van der Waals surface area (Å²) in [5.41, 5.74) is 6.43. The fourth-order valence-corrected chi connectivity index (χ4v) is 2.88. The molecule has 6 nitrogen and oxygen atoms in total. The van der Waals surface area contributed by atoms with Crippen LogP contribution in [0.4, 0.5) is 5.69 Å². The van der Waals surface area contributed by atoms with Gasteiger partial charge in [0.15, 0.2) is 5.16 Å². The monoisotopic (exact) mass is 353 g/mol. The summed E-state index contributed by atoms with van der Waals surface area (Å²) >= 11 is 1.35. The van der Waals surface area contributed by atoms with E-state index in [2.05, 4.69) is 20.5 Å². The molecule has 0 atom stereocenters. The van der Waals surface area contributed by atoms with Crippen molar-refractivity contribution in [2.45, 2.75) is 5.16 Å². The third kappa shape index (κ3) is 4.60. The van der Waals surface area contributed by atoms with Crippen LogP contribution in [0.2, 0.25) is 0 Å². The highest BCUT2D eigenvalue weighted by Crippen LogP contribution is 2.18. The number of imidazole rings is 1. The second-order valence-electron chi connectivity index (χ2n) is 5.63. The first kappa shape index (κ1) is 17.0. The molecule has 25 heavy (non-hydrogen) atoms. The summed E-state index contributed by atoms with van der Waals surface area (Å²) in [5, 5.41) is 4.71. The van der Waals surface area contributed by atoms with Gasteiger partial charge >= 0.3 is 0 Å². The van der Waals surface area contributed by atoms with E-state index in [-0.39, 0.29) is 11.7 Å². The zero-order valence-electron chi connectivity index (χ0n) is 14.1. The second kappa shape index (κ2) is 7.85. The van der Waals surface area contributed by atoms with Gasteiger partial charge in [0, 0.05) is 19.8 Å². The number of para-hydroxylation sites is 2. The van der Waals surface area contributed by atoms with Crippen LogP contribution in [-0.2, 0) is 4.79 Å². The predicted molar refractivity (Wildman–Crippen MR) is 103 cm³/mol. The van der Waals surface area contributed by atoms with Crippen LogP contribution >= 0.6 is 11.8 Å². The molecule has 2 aromatic carbocycles. The van der Waals surface area contributed by atoms with Crippen molar-refractivity contribution in [2.24, 2.45) is 5.10 Å². The lowest BCUT2D eigenvalue weighted by atomic mass is 10.2. The summed E-state index contributed by atoms with van der Waals surface area (Å²) < 4.78 is 0. The number of nitrogens with one attached hydrogen (secondary N) is 2. The number of thioether (sulfide) groups is 1. The quantitative estimate of drug-likeness (QED) is 0.406. The van der Waals surface area contributed by atoms with Crippen molar-refractivity contribution in [3.05, 3.63) is 54.1 Å². The fraction of sp³-hybridized carbons (Fsp3) is 0.167. The number of carbonyl (C=O) groups excluding carboxylic acids is 1. The number of hydrogen-bond acceptors (Lipinski definition) is 5. The average Bonchev–Trinajstić information content (AvgIpc) is 3.03. The van der Waals surface area contributed by atoms with Crippen LogP contribution < -0.4 is 10.3 Å². The summed E-state index contributed by atoms with van der Waals surface area (Å²) in [6, 6.07) is 15.7. The van der Waals surface area contributed by atoms with Gasteiger partial charge in [0.2, 0.25) is 0 Å². The van der Waals surface area contributed by atoms with Gasteiger partial charge in [-0.05, 0) is 29.8 Å². The van der Waals surface area contributed by atoms with Gasteiger partial charge in [0.25, 0.3) is 5.91 Å². The van der Waals surface area contributed by atoms with Crippen LogP contribution in [0.25, 0.3) is 11.0 Å². The Labute approximate surface area is 150 Å². The summed E-state index contributed by atoms with van der Waals surface area (Å²) in [4.78, 5) is 21.5. The van der Waals surface area contributed by atoms with Crippen LogP contribution in [0, 0.1) is 0 Å². The maximum atomic E-state index is 11.9. The first-order valence-electron chi connectivity index (χ1n) is 7.78. The normalized spacial score (nSPS) is 11.1. The van der Waals surface area contributed by atoms with Crippen molar-refractivity contribution < 1.29 is 4.79 Å². The zero-order valence-corrected chi connectivity index (χ0v) is 14.9. The average molecular weight is 353 g/mol. The molecular weight excluding hydrogens is 334 g/mol. The largest absolute Gasteiger partial charge is 0.378 e. The standard InChI is InChI=1S/C18H19N5OS/c1-23(2)14-9-7-13(8-10-14)11-19-22-17(24)12-25-18-20-15-5-3-4-6-16(15)21-18/h3-11H,12H2,1-2H3,(H,20,21)(H,22,24)/b19-11+. The molecule has 1 amide bonds. The number of anilines is 1. The van der Waals surface area contributed by atoms with Gasteiger partial charge in [0.05, 0.1) is 23.0 Å². The van der Waals surface area contributed by atoms with Crippen LogP contribution in [0.3, 0.4) is 0 Å². The van der Waals surface area contributed by atoms with Crippen LogP contribution in [0.15, 0.2) is 58.8 Å². The van der Waals surface area contributed by atoms with Gasteiger partial charge in [-0.25, -0.2) is 10.4 Å². The molecule has 0 bridgehead atoms. The molecule has 0 aliphatic rings. The highest BCUT2D eigenvalue weighted by Gasteiger charge is 2.06. The van der Waals surface area contributed by atoms with Crippen molar-refractivity contribution in [1.29, 1.82) is 0 Å². The molecule has 3 rings (SSSR count). The van der Waals surface area contributed by atoms with E-state index < -0.39 is 0 Å². The molecule has 1 heterocycles. The second-order valence-corrected chi connectivity index (χ2v) is 6.59. The topological polar surface area (TPSA) is 73.4 Å². The Bertz CT molecular complexity index is 853. The molecule has 0 unspecified atom stereocenters. The van der Waals surface area contributed by atoms with Crippen LogP contribution in [0.5, 0.6) is 0 Å². The number of fused-ring (bicyclic) bond motifs is 1. The minimum Gasteiger partial charge on any atom is -0.378 e. The summed E-state index contributed by atoms with van der Waals surface area (Å²) in [6.07, 6.45) is 1.63. The van der Waals surface area contributed by atoms with Gasteiger partial charge < -0.3 is 9.88 Å². The van der Waals surface area contributed by atoms with Crippen LogP contribution in [-0.4, -0.2) is 41.9 Å². The SMILES string of the molecule is CN(C)c1ccc(/C=N/NC(=O)CSc2nc3ccccc3[nH]2)cc1. The van der Waals surface area contributed by atoms with Crippen molar-refractivity contribution >= 4 is 40.6 Å². The number of aromatic amines is 1. The van der Waals surface area contributed by atoms with Gasteiger partial charge in [-0.1, -0.05) is 36.0 Å². The molecule has 7 heteroatoms. The first-order valence-corrected chi connectivity index (χ1v) is 8.77. The highest BCUT2D eigenvalue weighted by molar-refractivity contribution is 7.99. The maximum Gasteiger partial charge on any atom is 0.250 e. The number of carbonyl (C=O) groups is 1. The lowest BCUT2D eigenvalue weighted by Gasteiger charge is -2.11. The number of amides is 1. The summed E-state index contributed by atoms with van der Waals surface area (Å²) in [7, 11) is 3.98. The van der Waals surface area contributed by atoms with Crippen molar-refractivity contribution in [3.63, 3.8) is 0 Å². The molecule has 0 saturated carbocycles. The lowest BCUT2D eigenvalue weighted by Crippen LogP contribution is -2.19. The lowest BCUT2D eigenvalue weighted by molar-refractivity contribution is -0.118. The van der Waals surface area contributed by atoms with Gasteiger partial charge in [0.1, 0.15) is 0 Å². The molecular formula is C18H19N5OS. The third-order valence-corrected chi connectivity index (χ3v) is 4.39. The molecule has 0 fully saturated rings. The molecule has 0 aliphatic heterocycles. The number of hydrazone groups is 1. The Kier molecular flexibility index (Phi) is 5.35. The summed E-state index contributed by atoms with van der Waals surface area (Å²) in [6.45, 7) is 0. The van der Waals surface area contributed by atoms with Gasteiger partial charge in [-0.3, -0.25) is 4.79 Å². The smallest absolute Gasteiger partial charge is 0.250 e. The zero-order chi connectivity index (χ0) is 17.6. The Morgan fingerprint density at radius 2 is 2.00 bits per heavy atom. The third-order valence-electron chi connectivity index (χ3n) is 3.52. The van der Waals surface area contributed by atoms with E-state index in [9.17, 15) is 4.79 Å². The molecule has 0 saturated heterocycles. The maximum absolute atomic E-state index is 11.9. The van der Waals surface area contributed by atoms with Gasteiger partial charge in [-0.2, -0.15) is 5.10 Å². The number of benzene rings is 2. The van der Waals surface area contributed by atoms with E-state index in [1.54, 1.807) is 6.21 Å². The van der Waals surface area contributed by atoms with Crippen molar-refractivity contribution in [1.82, 2.24) is 15.4 Å². The van der Waals surface area contributed by atoms with Gasteiger partial charge in [-0.15, -0.1) is 0 Å². The Morgan fingerprint density at radius 1 is 1.24 bits per heavy atom. The van der Waals surface area contributed by atoms with E-state index in [1.807, 2.05) is 67.5 Å². The van der Waals surface area contributed by atoms with E-state index >= 15 is 0 Å². The fourth-order valence-electron chi connectivity index (χ4n) is 2.20. The number of hydrogen-bond donors (Lipinski definition) is 2. The van der Waals surface area contributed by atoms with E-state index in [4.69, 9.17) is 0 Å². The first-order chi connectivity index (χ1) is 12.1. The van der Waals surface area contributed by atoms with Crippen LogP contribution in [0.1, 0.15) is 5.56 Å². The minimum atomic E-state index is -0.174. The number of aromatic nitrogens is 2. The minimum absolute atomic E-state index is 0.174. The molecule has 128 valence electrons. The van der Waals surface area contributed by atoms with E-state index in [1.165, 1.54) is 11.8 Å². The Hall–Kier alpha value is -2.80. The number of H-pyrrole nitrogens is 1. The number of rotatable bonds is 6. The Morgan fingerprint density at radius 3 is 2.72 bits per heavy atom. The predicted octanol–water partition coefficient (Wildman–Crippen LogP) is 2.87. The molecule has 3 aromatic rings. The van der Waals surface area contributed by atoms with E-state index in [0.29, 0.717) is 0 Å². The Balaban J connectivity index is 1.48. The highest BCUT2D eigenvalue weighted by atomic mass is 32.2. The van der Waals surface area contributed by atoms with Crippen molar-refractivity contribution in [3.8, 4) is 0 Å².